The number of aliphatic hydroxyl groups is 1. The summed E-state index contributed by atoms with van der Waals surface area (Å²) >= 11 is 3.37. The van der Waals surface area contributed by atoms with E-state index in [4.69, 9.17) is 4.74 Å². The summed E-state index contributed by atoms with van der Waals surface area (Å²) in [5, 5.41) is 11.9. The zero-order chi connectivity index (χ0) is 13.5. The van der Waals surface area contributed by atoms with Crippen molar-refractivity contribution in [3.8, 4) is 5.75 Å². The Kier molecular flexibility index (Phi) is 6.15. The lowest BCUT2D eigenvalue weighted by molar-refractivity contribution is -0.123. The first-order chi connectivity index (χ1) is 8.52. The summed E-state index contributed by atoms with van der Waals surface area (Å²) in [7, 11) is 0. The van der Waals surface area contributed by atoms with E-state index in [1.165, 1.54) is 0 Å². The van der Waals surface area contributed by atoms with Gasteiger partial charge in [-0.2, -0.15) is 0 Å². The second-order valence-electron chi connectivity index (χ2n) is 4.09. The van der Waals surface area contributed by atoms with E-state index in [0.29, 0.717) is 12.2 Å². The molecule has 0 fully saturated rings. The molecular weight excluding hydrogens is 298 g/mol. The summed E-state index contributed by atoms with van der Waals surface area (Å²) in [6, 6.07) is 5.65. The molecule has 1 rings (SSSR count). The summed E-state index contributed by atoms with van der Waals surface area (Å²) in [6.45, 7) is 4.04. The van der Waals surface area contributed by atoms with Crippen molar-refractivity contribution in [2.45, 2.75) is 26.4 Å². The van der Waals surface area contributed by atoms with Gasteiger partial charge in [-0.15, -0.1) is 0 Å². The number of hydrogen-bond acceptors (Lipinski definition) is 3. The number of carbonyl (C=O) groups is 1. The van der Waals surface area contributed by atoms with Crippen LogP contribution >= 0.6 is 15.9 Å². The Bertz CT molecular complexity index is 409. The molecule has 4 nitrogen and oxygen atoms in total. The lowest BCUT2D eigenvalue weighted by Crippen LogP contribution is -2.35. The lowest BCUT2D eigenvalue weighted by Gasteiger charge is -2.11. The topological polar surface area (TPSA) is 58.6 Å². The van der Waals surface area contributed by atoms with E-state index in [2.05, 4.69) is 21.2 Å². The molecule has 0 bridgehead atoms. The first-order valence-electron chi connectivity index (χ1n) is 5.86. The van der Waals surface area contributed by atoms with Crippen LogP contribution in [0.4, 0.5) is 0 Å². The van der Waals surface area contributed by atoms with Crippen LogP contribution in [0.2, 0.25) is 0 Å². The van der Waals surface area contributed by atoms with Crippen LogP contribution < -0.4 is 10.1 Å². The Hall–Kier alpha value is -1.07. The Balaban J connectivity index is 2.38. The van der Waals surface area contributed by atoms with E-state index in [-0.39, 0.29) is 19.1 Å². The molecule has 0 saturated carbocycles. The van der Waals surface area contributed by atoms with Crippen molar-refractivity contribution in [3.05, 3.63) is 28.2 Å². The van der Waals surface area contributed by atoms with Gasteiger partial charge in [-0.3, -0.25) is 4.79 Å². The molecule has 1 amide bonds. The van der Waals surface area contributed by atoms with Gasteiger partial charge in [0.05, 0.1) is 10.6 Å². The minimum Gasteiger partial charge on any atom is -0.483 e. The van der Waals surface area contributed by atoms with Gasteiger partial charge in [0.25, 0.3) is 5.91 Å². The summed E-state index contributed by atoms with van der Waals surface area (Å²) < 4.78 is 6.20. The molecule has 100 valence electrons. The van der Waals surface area contributed by atoms with Gasteiger partial charge in [-0.05, 0) is 47.0 Å². The van der Waals surface area contributed by atoms with Crippen molar-refractivity contribution in [3.63, 3.8) is 0 Å². The minimum atomic E-state index is -0.500. The van der Waals surface area contributed by atoms with Crippen LogP contribution in [0.3, 0.4) is 0 Å². The molecule has 1 atom stereocenters. The fraction of sp³-hybridized carbons (Fsp3) is 0.462. The SMILES string of the molecule is CCC(O)CNC(=O)COc1ccc(C)cc1Br. The second-order valence-corrected chi connectivity index (χ2v) is 4.94. The molecule has 0 spiro atoms. The fourth-order valence-corrected chi connectivity index (χ4v) is 1.90. The van der Waals surface area contributed by atoms with E-state index in [1.807, 2.05) is 32.0 Å². The molecule has 5 heteroatoms. The maximum absolute atomic E-state index is 11.5. The molecule has 0 aromatic heterocycles. The number of halogens is 1. The van der Waals surface area contributed by atoms with Crippen molar-refractivity contribution in [1.82, 2.24) is 5.32 Å². The Morgan fingerprint density at radius 3 is 2.89 bits per heavy atom. The third-order valence-corrected chi connectivity index (χ3v) is 3.07. The van der Waals surface area contributed by atoms with E-state index in [9.17, 15) is 9.90 Å². The molecule has 1 unspecified atom stereocenters. The quantitative estimate of drug-likeness (QED) is 0.844. The molecule has 1 aromatic carbocycles. The van der Waals surface area contributed by atoms with Gasteiger partial charge in [-0.1, -0.05) is 13.0 Å². The third-order valence-electron chi connectivity index (χ3n) is 2.45. The highest BCUT2D eigenvalue weighted by Gasteiger charge is 2.07. The van der Waals surface area contributed by atoms with E-state index < -0.39 is 6.10 Å². The van der Waals surface area contributed by atoms with E-state index in [0.717, 1.165) is 10.0 Å². The standard InChI is InChI=1S/C13H18BrNO3/c1-3-10(16)7-15-13(17)8-18-12-5-4-9(2)6-11(12)14/h4-6,10,16H,3,7-8H2,1-2H3,(H,15,17). The average molecular weight is 316 g/mol. The summed E-state index contributed by atoms with van der Waals surface area (Å²) in [4.78, 5) is 11.5. The first kappa shape index (κ1) is 15.0. The molecule has 0 radical (unpaired) electrons. The number of carbonyl (C=O) groups excluding carboxylic acids is 1. The van der Waals surface area contributed by atoms with Gasteiger partial charge < -0.3 is 15.2 Å². The van der Waals surface area contributed by atoms with E-state index in [1.54, 1.807) is 0 Å². The Labute approximate surface area is 115 Å². The molecule has 2 N–H and O–H groups in total. The predicted octanol–water partition coefficient (Wildman–Crippen LogP) is 2.02. The molecule has 0 aliphatic rings. The number of rotatable bonds is 6. The first-order valence-corrected chi connectivity index (χ1v) is 6.66. The van der Waals surface area contributed by atoms with Crippen LogP contribution in [-0.2, 0) is 4.79 Å². The van der Waals surface area contributed by atoms with Crippen molar-refractivity contribution in [2.24, 2.45) is 0 Å². The maximum atomic E-state index is 11.5. The second kappa shape index (κ2) is 7.38. The smallest absolute Gasteiger partial charge is 0.258 e. The number of amides is 1. The average Bonchev–Trinajstić information content (AvgIpc) is 2.34. The molecular formula is C13H18BrNO3. The van der Waals surface area contributed by atoms with Gasteiger partial charge in [0.1, 0.15) is 5.75 Å². The Morgan fingerprint density at radius 2 is 2.28 bits per heavy atom. The van der Waals surface area contributed by atoms with Crippen molar-refractivity contribution in [2.75, 3.05) is 13.2 Å². The summed E-state index contributed by atoms with van der Waals surface area (Å²) in [6.07, 6.45) is 0.116. The summed E-state index contributed by atoms with van der Waals surface area (Å²) in [5.41, 5.74) is 1.12. The number of aliphatic hydroxyl groups excluding tert-OH is 1. The molecule has 0 saturated heterocycles. The van der Waals surface area contributed by atoms with Crippen LogP contribution in [0, 0.1) is 6.92 Å². The van der Waals surface area contributed by atoms with Crippen LogP contribution in [0.15, 0.2) is 22.7 Å². The molecule has 0 aliphatic heterocycles. The minimum absolute atomic E-state index is 0.0574. The molecule has 18 heavy (non-hydrogen) atoms. The highest BCUT2D eigenvalue weighted by Crippen LogP contribution is 2.25. The Morgan fingerprint density at radius 1 is 1.56 bits per heavy atom. The van der Waals surface area contributed by atoms with E-state index >= 15 is 0 Å². The zero-order valence-corrected chi connectivity index (χ0v) is 12.2. The maximum Gasteiger partial charge on any atom is 0.258 e. The van der Waals surface area contributed by atoms with Crippen molar-refractivity contribution in [1.29, 1.82) is 0 Å². The fourth-order valence-electron chi connectivity index (χ4n) is 1.29. The van der Waals surface area contributed by atoms with Crippen molar-refractivity contribution < 1.29 is 14.6 Å². The van der Waals surface area contributed by atoms with Gasteiger partial charge in [0.15, 0.2) is 6.61 Å². The van der Waals surface area contributed by atoms with Gasteiger partial charge in [0, 0.05) is 6.54 Å². The van der Waals surface area contributed by atoms with Crippen LogP contribution in [0.25, 0.3) is 0 Å². The molecule has 0 heterocycles. The number of aryl methyl sites for hydroxylation is 1. The van der Waals surface area contributed by atoms with Crippen molar-refractivity contribution >= 4 is 21.8 Å². The number of ether oxygens (including phenoxy) is 1. The number of nitrogens with one attached hydrogen (secondary N) is 1. The predicted molar refractivity (Wildman–Crippen MR) is 73.7 cm³/mol. The van der Waals surface area contributed by atoms with Gasteiger partial charge in [-0.25, -0.2) is 0 Å². The van der Waals surface area contributed by atoms with Crippen LogP contribution in [-0.4, -0.2) is 30.3 Å². The largest absolute Gasteiger partial charge is 0.483 e. The third kappa shape index (κ3) is 5.06. The summed E-state index contributed by atoms with van der Waals surface area (Å²) in [5.74, 6) is 0.391. The number of benzene rings is 1. The molecule has 0 aliphatic carbocycles. The highest BCUT2D eigenvalue weighted by atomic mass is 79.9. The van der Waals surface area contributed by atoms with Crippen LogP contribution in [0.5, 0.6) is 5.75 Å². The molecule has 1 aromatic rings. The lowest BCUT2D eigenvalue weighted by atomic mass is 10.2. The monoisotopic (exact) mass is 315 g/mol. The van der Waals surface area contributed by atoms with Crippen LogP contribution in [0.1, 0.15) is 18.9 Å². The normalized spacial score (nSPS) is 12.0. The van der Waals surface area contributed by atoms with Gasteiger partial charge >= 0.3 is 0 Å². The van der Waals surface area contributed by atoms with Gasteiger partial charge in [0.2, 0.25) is 0 Å². The number of hydrogen-bond donors (Lipinski definition) is 2. The highest BCUT2D eigenvalue weighted by molar-refractivity contribution is 9.10. The zero-order valence-electron chi connectivity index (χ0n) is 10.6.